The van der Waals surface area contributed by atoms with Gasteiger partial charge >= 0.3 is 0 Å². The average Bonchev–Trinajstić information content (AvgIpc) is 3.01. The number of hydrogen-bond acceptors (Lipinski definition) is 4. The molecule has 0 aliphatic rings. The largest absolute Gasteiger partial charge is 0.321 e. The van der Waals surface area contributed by atoms with Gasteiger partial charge in [0.2, 0.25) is 0 Å². The summed E-state index contributed by atoms with van der Waals surface area (Å²) in [5.41, 5.74) is 4.39. The van der Waals surface area contributed by atoms with E-state index in [2.05, 4.69) is 36.5 Å². The fourth-order valence-corrected chi connectivity index (χ4v) is 3.26. The first-order valence-electron chi connectivity index (χ1n) is 8.49. The molecule has 8 heteroatoms. The van der Waals surface area contributed by atoms with Crippen molar-refractivity contribution >= 4 is 33.2 Å². The lowest BCUT2D eigenvalue weighted by atomic mass is 10.1. The lowest BCUT2D eigenvalue weighted by Gasteiger charge is -2.08. The van der Waals surface area contributed by atoms with Gasteiger partial charge in [0.05, 0.1) is 17.0 Å². The zero-order valence-corrected chi connectivity index (χ0v) is 16.7. The molecular formula is C20H15BrFN5O. The number of nitrogens with one attached hydrogen (secondary N) is 1. The molecule has 28 heavy (non-hydrogen) atoms. The van der Waals surface area contributed by atoms with E-state index in [9.17, 15) is 9.18 Å². The molecule has 140 valence electrons. The Kier molecular flexibility index (Phi) is 4.64. The van der Waals surface area contributed by atoms with Gasteiger partial charge < -0.3 is 5.32 Å². The molecule has 4 aromatic rings. The highest BCUT2D eigenvalue weighted by molar-refractivity contribution is 9.10. The molecule has 1 amide bonds. The van der Waals surface area contributed by atoms with E-state index < -0.39 is 5.91 Å². The maximum atomic E-state index is 13.0. The van der Waals surface area contributed by atoms with Crippen LogP contribution in [0.1, 0.15) is 21.9 Å². The van der Waals surface area contributed by atoms with Crippen molar-refractivity contribution in [2.75, 3.05) is 5.32 Å². The normalized spacial score (nSPS) is 11.0. The zero-order chi connectivity index (χ0) is 19.8. The van der Waals surface area contributed by atoms with Gasteiger partial charge in [-0.2, -0.15) is 5.10 Å². The summed E-state index contributed by atoms with van der Waals surface area (Å²) in [5.74, 6) is -0.806. The Hall–Kier alpha value is -3.13. The van der Waals surface area contributed by atoms with E-state index in [1.165, 1.54) is 24.3 Å². The molecule has 2 heterocycles. The minimum Gasteiger partial charge on any atom is -0.321 e. The number of hydrogen-bond donors (Lipinski definition) is 1. The van der Waals surface area contributed by atoms with Crippen LogP contribution in [0.2, 0.25) is 0 Å². The van der Waals surface area contributed by atoms with Crippen LogP contribution in [0.15, 0.2) is 53.0 Å². The van der Waals surface area contributed by atoms with Gasteiger partial charge in [-0.25, -0.2) is 8.91 Å². The summed E-state index contributed by atoms with van der Waals surface area (Å²) in [6, 6.07) is 13.4. The molecule has 0 spiro atoms. The van der Waals surface area contributed by atoms with Crippen molar-refractivity contribution < 1.29 is 9.18 Å². The molecule has 1 N–H and O–H groups in total. The summed E-state index contributed by atoms with van der Waals surface area (Å²) < 4.78 is 15.6. The van der Waals surface area contributed by atoms with E-state index in [4.69, 9.17) is 0 Å². The predicted octanol–water partition coefficient (Wildman–Crippen LogP) is 4.56. The summed E-state index contributed by atoms with van der Waals surface area (Å²) >= 11 is 3.43. The van der Waals surface area contributed by atoms with Crippen LogP contribution < -0.4 is 5.32 Å². The molecule has 0 atom stereocenters. The summed E-state index contributed by atoms with van der Waals surface area (Å²) in [7, 11) is 0. The number of fused-ring (bicyclic) bond motifs is 1. The predicted molar refractivity (Wildman–Crippen MR) is 108 cm³/mol. The monoisotopic (exact) mass is 439 g/mol. The molecule has 0 aliphatic carbocycles. The second-order valence-corrected chi connectivity index (χ2v) is 7.21. The van der Waals surface area contributed by atoms with Crippen LogP contribution in [0.4, 0.5) is 10.1 Å². The van der Waals surface area contributed by atoms with E-state index >= 15 is 0 Å². The molecule has 0 saturated heterocycles. The van der Waals surface area contributed by atoms with Gasteiger partial charge in [0.25, 0.3) is 5.91 Å². The fraction of sp³-hybridized carbons (Fsp3) is 0.100. The molecule has 0 fully saturated rings. The minimum atomic E-state index is -0.433. The van der Waals surface area contributed by atoms with Gasteiger partial charge in [-0.15, -0.1) is 10.2 Å². The molecular weight excluding hydrogens is 425 g/mol. The summed E-state index contributed by atoms with van der Waals surface area (Å²) in [4.78, 5) is 12.6. The number of carbonyl (C=O) groups excluding carboxylic acids is 1. The number of rotatable bonds is 3. The topological polar surface area (TPSA) is 72.2 Å². The Morgan fingerprint density at radius 1 is 1.04 bits per heavy atom. The van der Waals surface area contributed by atoms with Crippen molar-refractivity contribution in [3.63, 3.8) is 0 Å². The van der Waals surface area contributed by atoms with E-state index in [0.717, 1.165) is 21.3 Å². The maximum absolute atomic E-state index is 13.0. The Labute approximate surface area is 168 Å². The van der Waals surface area contributed by atoms with Crippen LogP contribution in [0.25, 0.3) is 16.8 Å². The summed E-state index contributed by atoms with van der Waals surface area (Å²) in [6.45, 7) is 3.66. The highest BCUT2D eigenvalue weighted by atomic mass is 79.9. The molecule has 0 saturated carbocycles. The standard InChI is InChI=1S/C20H15BrFN5O/c1-11-17(13-3-5-14(21)6-4-13)19-25-24-18(12(2)27(19)26-11)20(28)23-16-9-7-15(22)8-10-16/h3-10H,1-2H3,(H,23,28). The number of amides is 1. The third-order valence-corrected chi connectivity index (χ3v) is 4.92. The van der Waals surface area contributed by atoms with Crippen LogP contribution in [0, 0.1) is 19.7 Å². The van der Waals surface area contributed by atoms with Crippen LogP contribution in [-0.4, -0.2) is 25.7 Å². The third-order valence-electron chi connectivity index (χ3n) is 4.39. The van der Waals surface area contributed by atoms with Gasteiger partial charge in [-0.3, -0.25) is 4.79 Å². The highest BCUT2D eigenvalue weighted by Crippen LogP contribution is 2.28. The minimum absolute atomic E-state index is 0.154. The number of aryl methyl sites for hydroxylation is 2. The smallest absolute Gasteiger partial charge is 0.278 e. The Balaban J connectivity index is 1.74. The van der Waals surface area contributed by atoms with Crippen LogP contribution in [0.3, 0.4) is 0 Å². The highest BCUT2D eigenvalue weighted by Gasteiger charge is 2.20. The maximum Gasteiger partial charge on any atom is 0.278 e. The van der Waals surface area contributed by atoms with Crippen molar-refractivity contribution in [1.82, 2.24) is 19.8 Å². The zero-order valence-electron chi connectivity index (χ0n) is 15.1. The molecule has 0 aliphatic heterocycles. The van der Waals surface area contributed by atoms with Crippen molar-refractivity contribution in [2.24, 2.45) is 0 Å². The Morgan fingerprint density at radius 3 is 2.39 bits per heavy atom. The quantitative estimate of drug-likeness (QED) is 0.507. The van der Waals surface area contributed by atoms with Crippen LogP contribution in [-0.2, 0) is 0 Å². The summed E-state index contributed by atoms with van der Waals surface area (Å²) in [6.07, 6.45) is 0. The Bertz CT molecular complexity index is 1190. The number of nitrogens with zero attached hydrogens (tertiary/aromatic N) is 4. The number of halogens is 2. The van der Waals surface area contributed by atoms with E-state index in [1.54, 1.807) is 11.4 Å². The van der Waals surface area contributed by atoms with Gasteiger partial charge in [0.15, 0.2) is 11.3 Å². The fourth-order valence-electron chi connectivity index (χ4n) is 3.00. The van der Waals surface area contributed by atoms with E-state index in [0.29, 0.717) is 17.0 Å². The Morgan fingerprint density at radius 2 is 1.71 bits per heavy atom. The van der Waals surface area contributed by atoms with Gasteiger partial charge in [-0.05, 0) is 55.8 Å². The molecule has 6 nitrogen and oxygen atoms in total. The molecule has 2 aromatic carbocycles. The van der Waals surface area contributed by atoms with Crippen molar-refractivity contribution in [1.29, 1.82) is 0 Å². The van der Waals surface area contributed by atoms with Crippen LogP contribution in [0.5, 0.6) is 0 Å². The van der Waals surface area contributed by atoms with Gasteiger partial charge in [0, 0.05) is 10.2 Å². The lowest BCUT2D eigenvalue weighted by molar-refractivity contribution is 0.102. The van der Waals surface area contributed by atoms with Crippen molar-refractivity contribution in [3.05, 3.63) is 75.9 Å². The van der Waals surface area contributed by atoms with E-state index in [1.807, 2.05) is 31.2 Å². The number of aromatic nitrogens is 4. The molecule has 0 radical (unpaired) electrons. The first-order chi connectivity index (χ1) is 13.4. The number of anilines is 1. The third kappa shape index (κ3) is 3.27. The first-order valence-corrected chi connectivity index (χ1v) is 9.29. The van der Waals surface area contributed by atoms with Gasteiger partial charge in [0.1, 0.15) is 5.82 Å². The summed E-state index contributed by atoms with van der Waals surface area (Å²) in [5, 5.41) is 15.6. The van der Waals surface area contributed by atoms with Crippen molar-refractivity contribution in [3.8, 4) is 11.1 Å². The molecule has 2 aromatic heterocycles. The van der Waals surface area contributed by atoms with Crippen molar-refractivity contribution in [2.45, 2.75) is 13.8 Å². The number of carbonyl (C=O) groups is 1. The molecule has 0 bridgehead atoms. The lowest BCUT2D eigenvalue weighted by Crippen LogP contribution is -2.18. The molecule has 4 rings (SSSR count). The second kappa shape index (κ2) is 7.12. The first kappa shape index (κ1) is 18.2. The molecule has 0 unspecified atom stereocenters. The average molecular weight is 440 g/mol. The van der Waals surface area contributed by atoms with Gasteiger partial charge in [-0.1, -0.05) is 28.1 Å². The second-order valence-electron chi connectivity index (χ2n) is 6.30. The van der Waals surface area contributed by atoms with Crippen LogP contribution >= 0.6 is 15.9 Å². The SMILES string of the molecule is Cc1nn2c(C)c(C(=O)Nc3ccc(F)cc3)nnc2c1-c1ccc(Br)cc1. The number of benzene rings is 2. The van der Waals surface area contributed by atoms with E-state index in [-0.39, 0.29) is 11.5 Å².